The van der Waals surface area contributed by atoms with Gasteiger partial charge < -0.3 is 9.84 Å². The highest BCUT2D eigenvalue weighted by Gasteiger charge is 2.40. The van der Waals surface area contributed by atoms with Crippen LogP contribution < -0.4 is 0 Å². The average Bonchev–Trinajstić information content (AvgIpc) is 3.11. The number of ether oxygens (including phenoxy) is 1. The third-order valence-corrected chi connectivity index (χ3v) is 5.81. The lowest BCUT2D eigenvalue weighted by atomic mass is 9.98. The van der Waals surface area contributed by atoms with Gasteiger partial charge in [0.2, 0.25) is 0 Å². The summed E-state index contributed by atoms with van der Waals surface area (Å²) in [5, 5.41) is 9.66. The maximum absolute atomic E-state index is 13.4. The second-order valence-electron chi connectivity index (χ2n) is 7.74. The number of hydrogen-bond acceptors (Lipinski definition) is 3. The lowest BCUT2D eigenvalue weighted by molar-refractivity contribution is -0.145. The molecule has 1 amide bonds. The maximum atomic E-state index is 13.4. The number of carboxylic acid groups (broad SMARTS) is 1. The zero-order chi connectivity index (χ0) is 23.8. The molecular formula is C25H20F3NO4. The first-order chi connectivity index (χ1) is 15.7. The average molecular weight is 455 g/mol. The number of carbonyl (C=O) groups is 2. The predicted octanol–water partition coefficient (Wildman–Crippen LogP) is 5.71. The summed E-state index contributed by atoms with van der Waals surface area (Å²) in [6.07, 6.45) is -5.80. The van der Waals surface area contributed by atoms with Crippen molar-refractivity contribution >= 4 is 12.1 Å². The van der Waals surface area contributed by atoms with Crippen LogP contribution in [0.3, 0.4) is 0 Å². The number of alkyl halides is 3. The number of carbonyl (C=O) groups excluding carboxylic acids is 1. The number of likely N-dealkylation sites (N-methyl/N-ethyl adjacent to an activating group) is 1. The van der Waals surface area contributed by atoms with Crippen molar-refractivity contribution < 1.29 is 32.6 Å². The molecule has 0 fully saturated rings. The Hall–Kier alpha value is -3.81. The molecule has 0 aromatic heterocycles. The molecule has 0 bridgehead atoms. The highest BCUT2D eigenvalue weighted by molar-refractivity contribution is 5.82. The van der Waals surface area contributed by atoms with Crippen molar-refractivity contribution in [2.75, 3.05) is 13.7 Å². The van der Waals surface area contributed by atoms with Crippen molar-refractivity contribution in [1.29, 1.82) is 0 Å². The van der Waals surface area contributed by atoms with E-state index in [-0.39, 0.29) is 12.5 Å². The van der Waals surface area contributed by atoms with E-state index in [1.54, 1.807) is 0 Å². The van der Waals surface area contributed by atoms with Gasteiger partial charge in [-0.15, -0.1) is 0 Å². The Bertz CT molecular complexity index is 1160. The summed E-state index contributed by atoms with van der Waals surface area (Å²) in [7, 11) is 1.12. The van der Waals surface area contributed by atoms with Gasteiger partial charge in [0.25, 0.3) is 0 Å². The quantitative estimate of drug-likeness (QED) is 0.535. The van der Waals surface area contributed by atoms with E-state index in [2.05, 4.69) is 0 Å². The second kappa shape index (κ2) is 8.61. The van der Waals surface area contributed by atoms with Gasteiger partial charge in [-0.3, -0.25) is 4.90 Å². The van der Waals surface area contributed by atoms with Crippen LogP contribution >= 0.6 is 0 Å². The van der Waals surface area contributed by atoms with Crippen molar-refractivity contribution in [2.24, 2.45) is 0 Å². The molecule has 0 saturated heterocycles. The van der Waals surface area contributed by atoms with Crippen LogP contribution in [0.2, 0.25) is 0 Å². The first-order valence-electron chi connectivity index (χ1n) is 10.2. The van der Waals surface area contributed by atoms with Gasteiger partial charge in [-0.1, -0.05) is 66.7 Å². The first-order valence-corrected chi connectivity index (χ1v) is 10.2. The first kappa shape index (κ1) is 22.4. The molecule has 1 aliphatic carbocycles. The van der Waals surface area contributed by atoms with Crippen LogP contribution in [0.15, 0.2) is 72.8 Å². The van der Waals surface area contributed by atoms with Crippen molar-refractivity contribution in [3.05, 3.63) is 95.1 Å². The van der Waals surface area contributed by atoms with Crippen LogP contribution in [0.1, 0.15) is 34.2 Å². The van der Waals surface area contributed by atoms with Gasteiger partial charge in [0.15, 0.2) is 6.04 Å². The van der Waals surface area contributed by atoms with Crippen LogP contribution in [0.4, 0.5) is 18.0 Å². The molecular weight excluding hydrogens is 435 g/mol. The van der Waals surface area contributed by atoms with Gasteiger partial charge in [0.05, 0.1) is 5.56 Å². The van der Waals surface area contributed by atoms with Crippen LogP contribution in [-0.2, 0) is 15.7 Å². The van der Waals surface area contributed by atoms with Gasteiger partial charge in [-0.05, 0) is 33.9 Å². The van der Waals surface area contributed by atoms with Crippen LogP contribution in [-0.4, -0.2) is 35.7 Å². The molecule has 1 atom stereocenters. The third-order valence-electron chi connectivity index (χ3n) is 5.81. The summed E-state index contributed by atoms with van der Waals surface area (Å²) in [4.78, 5) is 25.3. The zero-order valence-electron chi connectivity index (χ0n) is 17.5. The summed E-state index contributed by atoms with van der Waals surface area (Å²) < 4.78 is 45.8. The number of amides is 1. The van der Waals surface area contributed by atoms with Gasteiger partial charge >= 0.3 is 18.2 Å². The number of carboxylic acids is 1. The fourth-order valence-electron chi connectivity index (χ4n) is 4.30. The van der Waals surface area contributed by atoms with Crippen molar-refractivity contribution in [1.82, 2.24) is 4.90 Å². The molecule has 8 heteroatoms. The Morgan fingerprint density at radius 2 is 1.45 bits per heavy atom. The Morgan fingerprint density at radius 1 is 0.939 bits per heavy atom. The minimum Gasteiger partial charge on any atom is -0.479 e. The summed E-state index contributed by atoms with van der Waals surface area (Å²) in [5.41, 5.74) is 2.32. The molecule has 0 saturated carbocycles. The predicted molar refractivity (Wildman–Crippen MR) is 115 cm³/mol. The molecule has 1 aliphatic rings. The zero-order valence-corrected chi connectivity index (χ0v) is 17.5. The number of fused-ring (bicyclic) bond motifs is 3. The van der Waals surface area contributed by atoms with Crippen molar-refractivity contribution in [2.45, 2.75) is 18.1 Å². The minimum atomic E-state index is -4.77. The molecule has 0 spiro atoms. The van der Waals surface area contributed by atoms with Gasteiger partial charge in [0, 0.05) is 13.0 Å². The highest BCUT2D eigenvalue weighted by Crippen LogP contribution is 2.44. The molecule has 170 valence electrons. The number of aliphatic carboxylic acids is 1. The molecule has 0 heterocycles. The van der Waals surface area contributed by atoms with E-state index in [9.17, 15) is 27.9 Å². The lowest BCUT2D eigenvalue weighted by Gasteiger charge is -2.27. The fourth-order valence-corrected chi connectivity index (χ4v) is 4.30. The Balaban J connectivity index is 1.57. The summed E-state index contributed by atoms with van der Waals surface area (Å²) >= 11 is 0. The van der Waals surface area contributed by atoms with E-state index in [1.807, 2.05) is 48.5 Å². The molecule has 4 rings (SSSR count). The third kappa shape index (κ3) is 4.16. The van der Waals surface area contributed by atoms with E-state index in [0.29, 0.717) is 4.90 Å². The number of nitrogens with zero attached hydrogens (tertiary/aromatic N) is 1. The molecule has 3 aromatic rings. The van der Waals surface area contributed by atoms with E-state index >= 15 is 0 Å². The minimum absolute atomic E-state index is 0.0789. The molecule has 1 unspecified atom stereocenters. The fraction of sp³-hybridized carbons (Fsp3) is 0.200. The van der Waals surface area contributed by atoms with Crippen LogP contribution in [0, 0.1) is 0 Å². The number of halogens is 3. The van der Waals surface area contributed by atoms with Crippen molar-refractivity contribution in [3.8, 4) is 11.1 Å². The van der Waals surface area contributed by atoms with E-state index in [0.717, 1.165) is 41.4 Å². The number of benzene rings is 3. The monoisotopic (exact) mass is 455 g/mol. The Kier molecular flexibility index (Phi) is 5.84. The largest absolute Gasteiger partial charge is 0.479 e. The summed E-state index contributed by atoms with van der Waals surface area (Å²) in [6.45, 7) is -0.0789. The van der Waals surface area contributed by atoms with E-state index in [1.165, 1.54) is 12.1 Å². The van der Waals surface area contributed by atoms with Gasteiger partial charge in [0.1, 0.15) is 6.61 Å². The molecule has 5 nitrogen and oxygen atoms in total. The maximum Gasteiger partial charge on any atom is 0.416 e. The Labute approximate surface area is 188 Å². The van der Waals surface area contributed by atoms with E-state index in [4.69, 9.17) is 4.74 Å². The summed E-state index contributed by atoms with van der Waals surface area (Å²) in [5.74, 6) is -1.86. The normalized spacial score (nSPS) is 13.7. The van der Waals surface area contributed by atoms with Crippen LogP contribution in [0.5, 0.6) is 0 Å². The number of rotatable bonds is 5. The second-order valence-corrected chi connectivity index (χ2v) is 7.74. The molecule has 0 aliphatic heterocycles. The van der Waals surface area contributed by atoms with Gasteiger partial charge in [-0.2, -0.15) is 13.2 Å². The SMILES string of the molecule is CN(C(=O)OCC1c2ccccc2-c2ccccc21)C(C(=O)O)c1ccccc1C(F)(F)F. The summed E-state index contributed by atoms with van der Waals surface area (Å²) in [6, 6.07) is 17.8. The topological polar surface area (TPSA) is 66.8 Å². The molecule has 3 aromatic carbocycles. The smallest absolute Gasteiger partial charge is 0.416 e. The van der Waals surface area contributed by atoms with E-state index < -0.39 is 35.4 Å². The van der Waals surface area contributed by atoms with Gasteiger partial charge in [-0.25, -0.2) is 9.59 Å². The highest BCUT2D eigenvalue weighted by atomic mass is 19.4. The molecule has 33 heavy (non-hydrogen) atoms. The standard InChI is InChI=1S/C25H20F3NO4/c1-29(22(23(30)31)19-12-6-7-13-21(19)25(26,27)28)24(32)33-14-20-17-10-4-2-8-15(17)16-9-3-5-11-18(16)20/h2-13,20,22H,14H2,1H3,(H,30,31). The van der Waals surface area contributed by atoms with Crippen molar-refractivity contribution in [3.63, 3.8) is 0 Å². The number of hydrogen-bond donors (Lipinski definition) is 1. The molecule has 1 N–H and O–H groups in total. The molecule has 0 radical (unpaired) electrons. The van der Waals surface area contributed by atoms with Crippen LogP contribution in [0.25, 0.3) is 11.1 Å². The lowest BCUT2D eigenvalue weighted by Crippen LogP contribution is -2.37. The Morgan fingerprint density at radius 3 is 2.00 bits per heavy atom.